The van der Waals surface area contributed by atoms with Crippen molar-refractivity contribution >= 4 is 15.9 Å². The van der Waals surface area contributed by atoms with Gasteiger partial charge < -0.3 is 4.74 Å². The third-order valence-electron chi connectivity index (χ3n) is 0.974. The molecular weight excluding hydrogens is 180 g/mol. The third-order valence-corrected chi connectivity index (χ3v) is 1.60. The maximum Gasteiger partial charge on any atom is 0.140 e. The van der Waals surface area contributed by atoms with Crippen LogP contribution in [0.2, 0.25) is 0 Å². The van der Waals surface area contributed by atoms with Crippen molar-refractivity contribution in [3.05, 3.63) is 28.7 Å². The monoisotopic (exact) mass is 185 g/mol. The van der Waals surface area contributed by atoms with E-state index in [1.165, 1.54) is 0 Å². The predicted molar refractivity (Wildman–Crippen MR) is 39.5 cm³/mol. The molecule has 1 aromatic carbocycles. The Labute approximate surface area is 62.8 Å². The van der Waals surface area contributed by atoms with Crippen LogP contribution in [0, 0.1) is 6.07 Å². The van der Waals surface area contributed by atoms with E-state index in [-0.39, 0.29) is 0 Å². The lowest BCUT2D eigenvalue weighted by molar-refractivity contribution is 0.411. The van der Waals surface area contributed by atoms with Gasteiger partial charge in [-0.15, -0.1) is 0 Å². The molecule has 9 heavy (non-hydrogen) atoms. The molecule has 0 aliphatic heterocycles. The van der Waals surface area contributed by atoms with Crippen molar-refractivity contribution in [2.75, 3.05) is 7.11 Å². The van der Waals surface area contributed by atoms with Gasteiger partial charge in [0.2, 0.25) is 0 Å². The van der Waals surface area contributed by atoms with Crippen molar-refractivity contribution in [2.24, 2.45) is 0 Å². The highest BCUT2D eigenvalue weighted by Gasteiger charge is 1.93. The smallest absolute Gasteiger partial charge is 0.140 e. The van der Waals surface area contributed by atoms with Crippen LogP contribution >= 0.6 is 15.9 Å². The van der Waals surface area contributed by atoms with Gasteiger partial charge in [-0.25, -0.2) is 0 Å². The standard InChI is InChI=1S/C7H6BrO/c1-9-7-5-3-2-4-6(7)8/h2-4H,1H3. The summed E-state index contributed by atoms with van der Waals surface area (Å²) in [5.74, 6) is 0.748. The predicted octanol–water partition coefficient (Wildman–Crippen LogP) is 2.26. The molecule has 0 bridgehead atoms. The normalized spacial score (nSPS) is 9.11. The van der Waals surface area contributed by atoms with Crippen molar-refractivity contribution < 1.29 is 4.74 Å². The zero-order valence-corrected chi connectivity index (χ0v) is 6.60. The van der Waals surface area contributed by atoms with E-state index in [1.807, 2.05) is 18.2 Å². The molecule has 0 saturated carbocycles. The molecule has 0 atom stereocenters. The van der Waals surface area contributed by atoms with Gasteiger partial charge in [0.1, 0.15) is 5.75 Å². The first-order chi connectivity index (χ1) is 4.34. The van der Waals surface area contributed by atoms with E-state index in [9.17, 15) is 0 Å². The third kappa shape index (κ3) is 1.45. The van der Waals surface area contributed by atoms with Gasteiger partial charge in [0.25, 0.3) is 0 Å². The molecule has 0 N–H and O–H groups in total. The highest BCUT2D eigenvalue weighted by molar-refractivity contribution is 9.10. The Morgan fingerprint density at radius 3 is 2.89 bits per heavy atom. The van der Waals surface area contributed by atoms with Gasteiger partial charge in [-0.1, -0.05) is 12.1 Å². The maximum absolute atomic E-state index is 4.94. The fourth-order valence-corrected chi connectivity index (χ4v) is 0.986. The molecule has 0 amide bonds. The summed E-state index contributed by atoms with van der Waals surface area (Å²) in [7, 11) is 1.62. The molecule has 1 nitrogen and oxygen atoms in total. The Hall–Kier alpha value is -0.500. The number of hydrogen-bond donors (Lipinski definition) is 0. The van der Waals surface area contributed by atoms with Gasteiger partial charge in [-0.3, -0.25) is 0 Å². The van der Waals surface area contributed by atoms with Crippen molar-refractivity contribution in [3.8, 4) is 5.75 Å². The number of benzene rings is 1. The number of hydrogen-bond acceptors (Lipinski definition) is 1. The van der Waals surface area contributed by atoms with E-state index in [0.717, 1.165) is 10.2 Å². The Kier molecular flexibility index (Phi) is 2.11. The second-order valence-corrected chi connectivity index (χ2v) is 2.41. The minimum absolute atomic E-state index is 0.748. The van der Waals surface area contributed by atoms with Crippen LogP contribution in [0.3, 0.4) is 0 Å². The average molecular weight is 186 g/mol. The minimum Gasteiger partial charge on any atom is -0.495 e. The van der Waals surface area contributed by atoms with E-state index >= 15 is 0 Å². The number of ether oxygens (including phenoxy) is 1. The van der Waals surface area contributed by atoms with E-state index in [0.29, 0.717) is 0 Å². The van der Waals surface area contributed by atoms with Crippen LogP contribution in [0.4, 0.5) is 0 Å². The highest BCUT2D eigenvalue weighted by atomic mass is 79.9. The number of methoxy groups -OCH3 is 1. The first-order valence-corrected chi connectivity index (χ1v) is 3.34. The van der Waals surface area contributed by atoms with Crippen LogP contribution in [0.15, 0.2) is 22.7 Å². The van der Waals surface area contributed by atoms with Crippen LogP contribution < -0.4 is 4.74 Å². The van der Waals surface area contributed by atoms with Crippen molar-refractivity contribution in [3.63, 3.8) is 0 Å². The molecule has 0 fully saturated rings. The minimum atomic E-state index is 0.748. The van der Waals surface area contributed by atoms with Crippen molar-refractivity contribution in [1.82, 2.24) is 0 Å². The summed E-state index contributed by atoms with van der Waals surface area (Å²) < 4.78 is 5.88. The maximum atomic E-state index is 4.94. The van der Waals surface area contributed by atoms with E-state index < -0.39 is 0 Å². The number of rotatable bonds is 1. The fourth-order valence-electron chi connectivity index (χ4n) is 0.557. The zero-order valence-electron chi connectivity index (χ0n) is 5.02. The molecule has 0 spiro atoms. The van der Waals surface area contributed by atoms with Gasteiger partial charge in [0.05, 0.1) is 11.6 Å². The SMILES string of the molecule is COc1[c]cccc1Br. The van der Waals surface area contributed by atoms with Crippen LogP contribution in [0.5, 0.6) is 5.75 Å². The van der Waals surface area contributed by atoms with Crippen LogP contribution in [0.25, 0.3) is 0 Å². The summed E-state index contributed by atoms with van der Waals surface area (Å²) in [4.78, 5) is 0. The Morgan fingerprint density at radius 2 is 2.44 bits per heavy atom. The van der Waals surface area contributed by atoms with Crippen molar-refractivity contribution in [2.45, 2.75) is 0 Å². The molecule has 1 aromatic rings. The summed E-state index contributed by atoms with van der Waals surface area (Å²) in [6, 6.07) is 8.53. The number of para-hydroxylation sites is 1. The zero-order chi connectivity index (χ0) is 6.69. The van der Waals surface area contributed by atoms with E-state index in [4.69, 9.17) is 4.74 Å². The first-order valence-electron chi connectivity index (χ1n) is 2.55. The summed E-state index contributed by atoms with van der Waals surface area (Å²) in [5.41, 5.74) is 0. The highest BCUT2D eigenvalue weighted by Crippen LogP contribution is 2.21. The van der Waals surface area contributed by atoms with Gasteiger partial charge >= 0.3 is 0 Å². The van der Waals surface area contributed by atoms with Crippen LogP contribution in [-0.2, 0) is 0 Å². The van der Waals surface area contributed by atoms with E-state index in [1.54, 1.807) is 7.11 Å². The Bertz CT molecular complexity index is 198. The molecular formula is C7H6BrO. The first kappa shape index (κ1) is 6.62. The molecule has 0 heterocycles. The molecule has 0 saturated heterocycles. The van der Waals surface area contributed by atoms with Gasteiger partial charge in [0.15, 0.2) is 0 Å². The average Bonchev–Trinajstić information content (AvgIpc) is 1.89. The second-order valence-electron chi connectivity index (χ2n) is 1.55. The number of halogens is 1. The second kappa shape index (κ2) is 2.87. The van der Waals surface area contributed by atoms with Gasteiger partial charge in [0, 0.05) is 6.07 Å². The largest absolute Gasteiger partial charge is 0.495 e. The molecule has 0 aliphatic carbocycles. The molecule has 0 aromatic heterocycles. The summed E-state index contributed by atoms with van der Waals surface area (Å²) in [6.07, 6.45) is 0. The Morgan fingerprint density at radius 1 is 1.67 bits per heavy atom. The molecule has 0 unspecified atom stereocenters. The molecule has 47 valence electrons. The quantitative estimate of drug-likeness (QED) is 0.653. The van der Waals surface area contributed by atoms with Crippen LogP contribution in [-0.4, -0.2) is 7.11 Å². The van der Waals surface area contributed by atoms with Gasteiger partial charge in [-0.05, 0) is 22.0 Å². The summed E-state index contributed by atoms with van der Waals surface area (Å²) >= 11 is 3.30. The van der Waals surface area contributed by atoms with E-state index in [2.05, 4.69) is 22.0 Å². The molecule has 1 rings (SSSR count). The summed E-state index contributed by atoms with van der Waals surface area (Å²) in [5, 5.41) is 0. The van der Waals surface area contributed by atoms with Gasteiger partial charge in [-0.2, -0.15) is 0 Å². The lowest BCUT2D eigenvalue weighted by Gasteiger charge is -1.98. The summed E-state index contributed by atoms with van der Waals surface area (Å²) in [6.45, 7) is 0. The topological polar surface area (TPSA) is 9.23 Å². The Balaban J connectivity index is 3.01. The van der Waals surface area contributed by atoms with Crippen LogP contribution in [0.1, 0.15) is 0 Å². The molecule has 1 radical (unpaired) electrons. The fraction of sp³-hybridized carbons (Fsp3) is 0.143. The van der Waals surface area contributed by atoms with Crippen molar-refractivity contribution in [1.29, 1.82) is 0 Å². The lowest BCUT2D eigenvalue weighted by atomic mass is 10.3. The molecule has 2 heteroatoms. The molecule has 0 aliphatic rings. The lowest BCUT2D eigenvalue weighted by Crippen LogP contribution is -1.82.